The van der Waals surface area contributed by atoms with Crippen LogP contribution in [0.25, 0.3) is 10.2 Å². The lowest BCUT2D eigenvalue weighted by Gasteiger charge is -2.34. The van der Waals surface area contributed by atoms with E-state index in [1.807, 2.05) is 6.92 Å². The summed E-state index contributed by atoms with van der Waals surface area (Å²) in [7, 11) is -7.53. The lowest BCUT2D eigenvalue weighted by atomic mass is 10.0. The maximum absolute atomic E-state index is 13.2. The molecule has 0 bridgehead atoms. The number of nitrogens with two attached hydrogens (primary N) is 1. The topological polar surface area (TPSA) is 132 Å². The Labute approximate surface area is 214 Å². The Morgan fingerprint density at radius 1 is 1.14 bits per heavy atom. The largest absolute Gasteiger partial charge is 0.312 e. The van der Waals surface area contributed by atoms with E-state index in [2.05, 4.69) is 11.6 Å². The third kappa shape index (κ3) is 5.23. The summed E-state index contributed by atoms with van der Waals surface area (Å²) in [6.45, 7) is 6.58. The number of thiazole rings is 1. The van der Waals surface area contributed by atoms with Gasteiger partial charge < -0.3 is 4.57 Å². The van der Waals surface area contributed by atoms with Crippen molar-refractivity contribution in [3.63, 3.8) is 0 Å². The first kappa shape index (κ1) is 26.4. The van der Waals surface area contributed by atoms with Crippen molar-refractivity contribution >= 4 is 47.5 Å². The lowest BCUT2D eigenvalue weighted by Crippen LogP contribution is -2.43. The first-order chi connectivity index (χ1) is 17.1. The van der Waals surface area contributed by atoms with E-state index < -0.39 is 26.0 Å². The molecule has 2 aromatic carbocycles. The number of hydrogen-bond donors (Lipinski definition) is 1. The Balaban J connectivity index is 1.68. The smallest absolute Gasteiger partial charge is 0.279 e. The molecule has 1 fully saturated rings. The minimum absolute atomic E-state index is 0.0110. The van der Waals surface area contributed by atoms with Gasteiger partial charge in [0.25, 0.3) is 5.91 Å². The zero-order valence-corrected chi connectivity index (χ0v) is 22.3. The number of fused-ring (bicyclic) bond motifs is 1. The van der Waals surface area contributed by atoms with E-state index in [9.17, 15) is 21.6 Å². The molecule has 36 heavy (non-hydrogen) atoms. The lowest BCUT2D eigenvalue weighted by molar-refractivity contribution is 0.0997. The zero-order chi connectivity index (χ0) is 26.1. The Hall–Kier alpha value is -2.64. The van der Waals surface area contributed by atoms with Gasteiger partial charge in [-0.2, -0.15) is 9.30 Å². The summed E-state index contributed by atoms with van der Waals surface area (Å²) in [5.41, 5.74) is 0.930. The number of carbonyl (C=O) groups excluding carboxylic acids is 1. The van der Waals surface area contributed by atoms with Crippen molar-refractivity contribution in [3.05, 3.63) is 65.5 Å². The number of nitrogens with zero attached hydrogens (tertiary/aromatic N) is 3. The zero-order valence-electron chi connectivity index (χ0n) is 19.8. The van der Waals surface area contributed by atoms with Crippen molar-refractivity contribution in [2.45, 2.75) is 55.0 Å². The van der Waals surface area contributed by atoms with Gasteiger partial charge in [-0.05, 0) is 61.7 Å². The number of hydrogen-bond acceptors (Lipinski definition) is 6. The van der Waals surface area contributed by atoms with Gasteiger partial charge in [0.15, 0.2) is 4.80 Å². The molecule has 2 N–H and O–H groups in total. The molecule has 0 saturated carbocycles. The molecule has 4 rings (SSSR count). The summed E-state index contributed by atoms with van der Waals surface area (Å²) >= 11 is 1.15. The van der Waals surface area contributed by atoms with Gasteiger partial charge in [0, 0.05) is 24.7 Å². The minimum atomic E-state index is -3.88. The molecule has 9 nitrogen and oxygen atoms in total. The Bertz CT molecular complexity index is 1590. The monoisotopic (exact) mass is 548 g/mol. The number of carbonyl (C=O) groups is 1. The fraction of sp³-hybridized carbons (Fsp3) is 0.333. The minimum Gasteiger partial charge on any atom is -0.312 e. The Morgan fingerprint density at radius 3 is 2.47 bits per heavy atom. The van der Waals surface area contributed by atoms with Crippen LogP contribution in [-0.2, 0) is 26.6 Å². The predicted octanol–water partition coefficient (Wildman–Crippen LogP) is 3.23. The van der Waals surface area contributed by atoms with Crippen LogP contribution in [0.2, 0.25) is 0 Å². The summed E-state index contributed by atoms with van der Waals surface area (Å²) in [6, 6.07) is 10.3. The van der Waals surface area contributed by atoms with Crippen LogP contribution in [0.4, 0.5) is 0 Å². The van der Waals surface area contributed by atoms with E-state index in [0.717, 1.165) is 37.0 Å². The molecule has 1 atom stereocenters. The second-order valence-electron chi connectivity index (χ2n) is 8.57. The SMILES string of the molecule is C=CCn1c(=NC(=O)c2ccc(S(=O)(=O)N3CCCC[C@H]3CC)cc2)sc2cc(S(N)(=O)=O)ccc21. The van der Waals surface area contributed by atoms with E-state index >= 15 is 0 Å². The second-order valence-corrected chi connectivity index (χ2v) is 13.0. The van der Waals surface area contributed by atoms with E-state index in [4.69, 9.17) is 5.14 Å². The number of aromatic nitrogens is 1. The maximum atomic E-state index is 13.2. The predicted molar refractivity (Wildman–Crippen MR) is 140 cm³/mol. The molecule has 0 unspecified atom stereocenters. The standard InChI is InChI=1S/C24H28N4O5S3/c1-3-14-27-21-13-12-20(35(25,30)31)16-22(21)34-24(27)26-23(29)17-8-10-19(11-9-17)36(32,33)28-15-6-5-7-18(28)4-2/h3,8-13,16,18H,1,4-7,14-15H2,2H3,(H2,25,30,31)/t18-/m1/s1. The van der Waals surface area contributed by atoms with E-state index in [-0.39, 0.29) is 21.4 Å². The second kappa shape index (κ2) is 10.4. The summed E-state index contributed by atoms with van der Waals surface area (Å²) in [5, 5.41) is 5.24. The van der Waals surface area contributed by atoms with Gasteiger partial charge in [0.1, 0.15) is 0 Å². The Morgan fingerprint density at radius 2 is 1.83 bits per heavy atom. The van der Waals surface area contributed by atoms with Crippen molar-refractivity contribution in [3.8, 4) is 0 Å². The van der Waals surface area contributed by atoms with Crippen molar-refractivity contribution in [1.82, 2.24) is 8.87 Å². The molecule has 192 valence electrons. The summed E-state index contributed by atoms with van der Waals surface area (Å²) in [4.78, 5) is 17.7. The summed E-state index contributed by atoms with van der Waals surface area (Å²) in [5.74, 6) is -0.542. The van der Waals surface area contributed by atoms with Gasteiger partial charge in [0.05, 0.1) is 20.0 Å². The molecule has 1 aliphatic heterocycles. The fourth-order valence-electron chi connectivity index (χ4n) is 4.38. The maximum Gasteiger partial charge on any atom is 0.279 e. The highest BCUT2D eigenvalue weighted by atomic mass is 32.2. The Kier molecular flexibility index (Phi) is 7.62. The van der Waals surface area contributed by atoms with Gasteiger partial charge in [-0.15, -0.1) is 6.58 Å². The number of sulfonamides is 2. The molecule has 0 aliphatic carbocycles. The van der Waals surface area contributed by atoms with Gasteiger partial charge in [-0.3, -0.25) is 4.79 Å². The third-order valence-electron chi connectivity index (χ3n) is 6.24. The van der Waals surface area contributed by atoms with E-state index in [1.165, 1.54) is 36.4 Å². The first-order valence-corrected chi connectivity index (χ1v) is 15.3. The van der Waals surface area contributed by atoms with Crippen LogP contribution >= 0.6 is 11.3 Å². The highest BCUT2D eigenvalue weighted by Gasteiger charge is 2.32. The van der Waals surface area contributed by atoms with Crippen molar-refractivity contribution < 1.29 is 21.6 Å². The summed E-state index contributed by atoms with van der Waals surface area (Å²) in [6.07, 6.45) is 5.11. The molecule has 1 saturated heterocycles. The van der Waals surface area contributed by atoms with Crippen LogP contribution in [0.15, 0.2) is 69.9 Å². The van der Waals surface area contributed by atoms with Crippen molar-refractivity contribution in [2.24, 2.45) is 10.1 Å². The number of piperidine rings is 1. The fourth-order valence-corrected chi connectivity index (χ4v) is 7.83. The average molecular weight is 549 g/mol. The molecule has 3 aromatic rings. The number of benzene rings is 2. The molecule has 12 heteroatoms. The van der Waals surface area contributed by atoms with Crippen LogP contribution in [0.1, 0.15) is 43.0 Å². The number of primary sulfonamides is 1. The molecule has 1 amide bonds. The molecular formula is C24H28N4O5S3. The van der Waals surface area contributed by atoms with E-state index in [1.54, 1.807) is 21.0 Å². The normalized spacial score (nSPS) is 17.9. The number of rotatable bonds is 7. The highest BCUT2D eigenvalue weighted by Crippen LogP contribution is 2.27. The molecule has 1 aliphatic rings. The quantitative estimate of drug-likeness (QED) is 0.453. The van der Waals surface area contributed by atoms with Gasteiger partial charge >= 0.3 is 0 Å². The van der Waals surface area contributed by atoms with Crippen LogP contribution < -0.4 is 9.94 Å². The van der Waals surface area contributed by atoms with E-state index in [0.29, 0.717) is 28.1 Å². The van der Waals surface area contributed by atoms with Gasteiger partial charge in [-0.1, -0.05) is 30.8 Å². The molecule has 2 heterocycles. The van der Waals surface area contributed by atoms with Crippen molar-refractivity contribution in [2.75, 3.05) is 6.54 Å². The van der Waals surface area contributed by atoms with Crippen LogP contribution in [0, 0.1) is 0 Å². The molecule has 0 radical (unpaired) electrons. The summed E-state index contributed by atoms with van der Waals surface area (Å²) < 4.78 is 53.8. The highest BCUT2D eigenvalue weighted by molar-refractivity contribution is 7.89. The average Bonchev–Trinajstić information content (AvgIpc) is 3.19. The molecule has 1 aromatic heterocycles. The van der Waals surface area contributed by atoms with Crippen LogP contribution in [0.3, 0.4) is 0 Å². The van der Waals surface area contributed by atoms with Crippen molar-refractivity contribution in [1.29, 1.82) is 0 Å². The molecular weight excluding hydrogens is 520 g/mol. The number of amides is 1. The van der Waals surface area contributed by atoms with Gasteiger partial charge in [0.2, 0.25) is 20.0 Å². The third-order valence-corrected chi connectivity index (χ3v) is 10.2. The van der Waals surface area contributed by atoms with Crippen LogP contribution in [-0.4, -0.2) is 44.2 Å². The van der Waals surface area contributed by atoms with Gasteiger partial charge in [-0.25, -0.2) is 22.0 Å². The number of allylic oxidation sites excluding steroid dienone is 1. The molecule has 0 spiro atoms. The first-order valence-electron chi connectivity index (χ1n) is 11.5. The van der Waals surface area contributed by atoms with Crippen LogP contribution in [0.5, 0.6) is 0 Å².